The number of aliphatic hydroxyl groups is 1. The number of benzene rings is 1. The van der Waals surface area contributed by atoms with Crippen LogP contribution in [0.4, 0.5) is 4.39 Å². The van der Waals surface area contributed by atoms with Crippen LogP contribution < -0.4 is 0 Å². The fourth-order valence-electron chi connectivity index (χ4n) is 5.48. The van der Waals surface area contributed by atoms with Crippen LogP contribution in [0.3, 0.4) is 0 Å². The lowest BCUT2D eigenvalue weighted by Gasteiger charge is -2.44. The Balaban J connectivity index is 1.34. The molecule has 0 spiro atoms. The van der Waals surface area contributed by atoms with Gasteiger partial charge in [-0.3, -0.25) is 4.90 Å². The molecule has 3 fully saturated rings. The third kappa shape index (κ3) is 3.06. The van der Waals surface area contributed by atoms with E-state index < -0.39 is 5.60 Å². The highest BCUT2D eigenvalue weighted by Crippen LogP contribution is 2.46. The third-order valence-corrected chi connectivity index (χ3v) is 6.85. The van der Waals surface area contributed by atoms with E-state index in [1.807, 2.05) is 4.68 Å². The van der Waals surface area contributed by atoms with Crippen molar-refractivity contribution in [2.24, 2.45) is 0 Å². The lowest BCUT2D eigenvalue weighted by atomic mass is 9.80. The van der Waals surface area contributed by atoms with Crippen molar-refractivity contribution in [2.75, 3.05) is 0 Å². The number of aromatic nitrogens is 4. The van der Waals surface area contributed by atoms with Crippen LogP contribution in [0, 0.1) is 5.82 Å². The normalized spacial score (nSPS) is 31.6. The molecule has 3 atom stereocenters. The predicted molar refractivity (Wildman–Crippen MR) is 97.2 cm³/mol. The van der Waals surface area contributed by atoms with Gasteiger partial charge in [0, 0.05) is 12.1 Å². The quantitative estimate of drug-likeness (QED) is 0.895. The van der Waals surface area contributed by atoms with Crippen LogP contribution in [0.2, 0.25) is 0 Å². The van der Waals surface area contributed by atoms with Crippen LogP contribution in [-0.2, 0) is 12.1 Å². The van der Waals surface area contributed by atoms with E-state index in [0.717, 1.165) is 43.6 Å². The number of hydrogen-bond donors (Lipinski definition) is 1. The smallest absolute Gasteiger partial charge is 0.165 e. The molecule has 3 aliphatic rings. The van der Waals surface area contributed by atoms with Gasteiger partial charge in [0.25, 0.3) is 0 Å². The van der Waals surface area contributed by atoms with Crippen molar-refractivity contribution in [2.45, 2.75) is 81.6 Å². The molecule has 1 saturated carbocycles. The maximum absolute atomic E-state index is 13.3. The number of halogens is 1. The lowest BCUT2D eigenvalue weighted by Crippen LogP contribution is -2.49. The van der Waals surface area contributed by atoms with Gasteiger partial charge in [-0.25, -0.2) is 9.07 Å². The maximum atomic E-state index is 13.3. The van der Waals surface area contributed by atoms with E-state index in [9.17, 15) is 9.50 Å². The summed E-state index contributed by atoms with van der Waals surface area (Å²) >= 11 is 0. The molecular weight excluding hydrogens is 345 g/mol. The van der Waals surface area contributed by atoms with E-state index in [4.69, 9.17) is 0 Å². The third-order valence-electron chi connectivity index (χ3n) is 6.85. The van der Waals surface area contributed by atoms with Crippen LogP contribution in [0.25, 0.3) is 0 Å². The Morgan fingerprint density at radius 1 is 1.00 bits per heavy atom. The monoisotopic (exact) mass is 371 g/mol. The van der Waals surface area contributed by atoms with Gasteiger partial charge in [0.1, 0.15) is 5.82 Å². The molecule has 6 nitrogen and oxygen atoms in total. The molecule has 27 heavy (non-hydrogen) atoms. The SMILES string of the molecule is OC1(c2ccc(F)cc2)C[C@H]2CC[C@@H](C1)N2Cc1nnnn1C1CCCC1. The summed E-state index contributed by atoms with van der Waals surface area (Å²) < 4.78 is 15.3. The van der Waals surface area contributed by atoms with Crippen LogP contribution >= 0.6 is 0 Å². The number of fused-ring (bicyclic) bond motifs is 2. The highest BCUT2D eigenvalue weighted by atomic mass is 19.1. The van der Waals surface area contributed by atoms with Gasteiger partial charge >= 0.3 is 0 Å². The van der Waals surface area contributed by atoms with E-state index in [1.54, 1.807) is 12.1 Å². The van der Waals surface area contributed by atoms with Crippen LogP contribution in [0.5, 0.6) is 0 Å². The van der Waals surface area contributed by atoms with Gasteiger partial charge in [0.05, 0.1) is 18.2 Å². The van der Waals surface area contributed by atoms with Gasteiger partial charge in [0.15, 0.2) is 5.82 Å². The molecule has 1 aromatic carbocycles. The molecule has 2 saturated heterocycles. The fourth-order valence-corrected chi connectivity index (χ4v) is 5.48. The first-order valence-electron chi connectivity index (χ1n) is 10.1. The zero-order valence-electron chi connectivity index (χ0n) is 15.5. The van der Waals surface area contributed by atoms with E-state index in [-0.39, 0.29) is 5.82 Å². The Bertz CT molecular complexity index is 787. The summed E-state index contributed by atoms with van der Waals surface area (Å²) in [6.07, 6.45) is 8.36. The second kappa shape index (κ2) is 6.63. The maximum Gasteiger partial charge on any atom is 0.165 e. The Morgan fingerprint density at radius 3 is 2.33 bits per heavy atom. The molecule has 1 N–H and O–H groups in total. The summed E-state index contributed by atoms with van der Waals surface area (Å²) in [6, 6.07) is 7.40. The first-order chi connectivity index (χ1) is 13.1. The number of piperidine rings is 1. The van der Waals surface area contributed by atoms with Crippen LogP contribution in [0.1, 0.15) is 68.8 Å². The summed E-state index contributed by atoms with van der Waals surface area (Å²) in [5, 5.41) is 23.8. The Morgan fingerprint density at radius 2 is 1.67 bits per heavy atom. The summed E-state index contributed by atoms with van der Waals surface area (Å²) in [6.45, 7) is 0.748. The molecule has 3 heterocycles. The van der Waals surface area contributed by atoms with Crippen molar-refractivity contribution in [3.05, 3.63) is 41.5 Å². The zero-order valence-corrected chi connectivity index (χ0v) is 15.5. The van der Waals surface area contributed by atoms with E-state index in [2.05, 4.69) is 20.4 Å². The van der Waals surface area contributed by atoms with Gasteiger partial charge < -0.3 is 5.11 Å². The van der Waals surface area contributed by atoms with Crippen molar-refractivity contribution in [1.29, 1.82) is 0 Å². The van der Waals surface area contributed by atoms with E-state index >= 15 is 0 Å². The Labute approximate surface area is 158 Å². The molecule has 2 aliphatic heterocycles. The van der Waals surface area contributed by atoms with Crippen molar-refractivity contribution in [1.82, 2.24) is 25.1 Å². The number of hydrogen-bond acceptors (Lipinski definition) is 5. The average Bonchev–Trinajstić information content (AvgIpc) is 3.38. The van der Waals surface area contributed by atoms with Gasteiger partial charge in [-0.15, -0.1) is 5.10 Å². The van der Waals surface area contributed by atoms with Gasteiger partial charge in [-0.1, -0.05) is 25.0 Å². The van der Waals surface area contributed by atoms with Gasteiger partial charge in [-0.05, 0) is 66.6 Å². The van der Waals surface area contributed by atoms with Crippen LogP contribution in [0.15, 0.2) is 24.3 Å². The largest absolute Gasteiger partial charge is 0.385 e. The number of rotatable bonds is 4. The van der Waals surface area contributed by atoms with E-state index in [1.165, 1.54) is 25.0 Å². The average molecular weight is 371 g/mol. The van der Waals surface area contributed by atoms with Gasteiger partial charge in [-0.2, -0.15) is 0 Å². The Kier molecular flexibility index (Phi) is 4.24. The number of tetrazole rings is 1. The van der Waals surface area contributed by atoms with Crippen molar-refractivity contribution in [3.8, 4) is 0 Å². The standard InChI is InChI=1S/C20H26FN5O/c21-15-7-5-14(6-8-15)20(27)11-17-9-10-18(12-20)25(17)13-19-22-23-24-26(19)16-3-1-2-4-16/h5-8,16-18,27H,1-4,9-13H2/t17-,18+,20?. The molecule has 2 aromatic rings. The minimum Gasteiger partial charge on any atom is -0.385 e. The van der Waals surface area contributed by atoms with Crippen molar-refractivity contribution in [3.63, 3.8) is 0 Å². The Hall–Kier alpha value is -1.86. The molecular formula is C20H26FN5O. The lowest BCUT2D eigenvalue weighted by molar-refractivity contribution is -0.0605. The molecule has 5 rings (SSSR count). The van der Waals surface area contributed by atoms with Crippen LogP contribution in [-0.4, -0.2) is 42.3 Å². The molecule has 0 radical (unpaired) electrons. The van der Waals surface area contributed by atoms with Crippen molar-refractivity contribution >= 4 is 0 Å². The molecule has 1 aliphatic carbocycles. The molecule has 0 amide bonds. The topological polar surface area (TPSA) is 67.1 Å². The molecule has 7 heteroatoms. The molecule has 144 valence electrons. The van der Waals surface area contributed by atoms with E-state index in [0.29, 0.717) is 31.0 Å². The molecule has 2 bridgehead atoms. The summed E-state index contributed by atoms with van der Waals surface area (Å²) in [4.78, 5) is 2.48. The summed E-state index contributed by atoms with van der Waals surface area (Å²) in [5.41, 5.74) is -0.0378. The summed E-state index contributed by atoms with van der Waals surface area (Å²) in [5.74, 6) is 0.688. The van der Waals surface area contributed by atoms with Gasteiger partial charge in [0.2, 0.25) is 0 Å². The predicted octanol–water partition coefficient (Wildman–Crippen LogP) is 2.94. The van der Waals surface area contributed by atoms with Crippen molar-refractivity contribution < 1.29 is 9.50 Å². The minimum absolute atomic E-state index is 0.262. The summed E-state index contributed by atoms with van der Waals surface area (Å²) in [7, 11) is 0. The second-order valence-electron chi connectivity index (χ2n) is 8.48. The second-order valence-corrected chi connectivity index (χ2v) is 8.48. The molecule has 1 aromatic heterocycles. The molecule has 1 unspecified atom stereocenters. The minimum atomic E-state index is -0.868. The number of nitrogens with zero attached hydrogens (tertiary/aromatic N) is 5. The first-order valence-corrected chi connectivity index (χ1v) is 10.1. The highest BCUT2D eigenvalue weighted by molar-refractivity contribution is 5.25. The zero-order chi connectivity index (χ0) is 18.4. The first kappa shape index (κ1) is 17.3. The highest BCUT2D eigenvalue weighted by Gasteiger charge is 2.48. The fraction of sp³-hybridized carbons (Fsp3) is 0.650.